The molecule has 0 radical (unpaired) electrons. The minimum atomic E-state index is 0.232. The Bertz CT molecular complexity index is 441. The van der Waals surface area contributed by atoms with E-state index in [1.165, 1.54) is 0 Å². The Morgan fingerprint density at radius 3 is 2.43 bits per heavy atom. The van der Waals surface area contributed by atoms with Gasteiger partial charge in [0.15, 0.2) is 0 Å². The number of aromatic nitrogens is 3. The van der Waals surface area contributed by atoms with Crippen molar-refractivity contribution in [2.75, 3.05) is 5.73 Å². The van der Waals surface area contributed by atoms with E-state index in [-0.39, 0.29) is 5.28 Å². The molecule has 0 aliphatic rings. The van der Waals surface area contributed by atoms with E-state index in [0.29, 0.717) is 5.82 Å². The molecule has 2 aromatic rings. The first-order valence-electron chi connectivity index (χ1n) is 3.95. The number of halogens is 1. The second-order valence-electron chi connectivity index (χ2n) is 2.71. The number of anilines is 1. The first-order valence-corrected chi connectivity index (χ1v) is 4.33. The van der Waals surface area contributed by atoms with Crippen LogP contribution in [-0.2, 0) is 0 Å². The molecule has 0 aliphatic heterocycles. The lowest BCUT2D eigenvalue weighted by molar-refractivity contribution is 1.17. The lowest BCUT2D eigenvalue weighted by Gasteiger charge is -2.00. The van der Waals surface area contributed by atoms with Crippen molar-refractivity contribution < 1.29 is 0 Å². The van der Waals surface area contributed by atoms with Crippen LogP contribution in [0.15, 0.2) is 30.7 Å². The molecule has 0 amide bonds. The van der Waals surface area contributed by atoms with Gasteiger partial charge in [0.25, 0.3) is 0 Å². The van der Waals surface area contributed by atoms with Gasteiger partial charge in [-0.2, -0.15) is 0 Å². The summed E-state index contributed by atoms with van der Waals surface area (Å²) in [6.07, 6.45) is 4.92. The van der Waals surface area contributed by atoms with Crippen LogP contribution in [-0.4, -0.2) is 15.0 Å². The van der Waals surface area contributed by atoms with Crippen LogP contribution in [0, 0.1) is 0 Å². The third kappa shape index (κ3) is 1.80. The average Bonchev–Trinajstić information content (AvgIpc) is 2.19. The van der Waals surface area contributed by atoms with E-state index in [9.17, 15) is 0 Å². The Balaban J connectivity index is 2.44. The van der Waals surface area contributed by atoms with Crippen molar-refractivity contribution in [3.05, 3.63) is 36.0 Å². The van der Waals surface area contributed by atoms with Gasteiger partial charge in [0.2, 0.25) is 5.28 Å². The molecule has 5 heteroatoms. The number of rotatable bonds is 1. The van der Waals surface area contributed by atoms with Gasteiger partial charge < -0.3 is 5.73 Å². The molecule has 0 spiro atoms. The Morgan fingerprint density at radius 1 is 1.07 bits per heavy atom. The zero-order valence-electron chi connectivity index (χ0n) is 7.18. The van der Waals surface area contributed by atoms with Gasteiger partial charge in [0.05, 0.1) is 0 Å². The van der Waals surface area contributed by atoms with E-state index >= 15 is 0 Å². The summed E-state index contributed by atoms with van der Waals surface area (Å²) in [5, 5.41) is 0.232. The molecule has 0 atom stereocenters. The molecule has 2 heterocycles. The van der Waals surface area contributed by atoms with Crippen molar-refractivity contribution in [1.29, 1.82) is 0 Å². The summed E-state index contributed by atoms with van der Waals surface area (Å²) in [7, 11) is 0. The second-order valence-corrected chi connectivity index (χ2v) is 3.05. The predicted molar refractivity (Wildman–Crippen MR) is 54.7 cm³/mol. The Labute approximate surface area is 85.8 Å². The molecule has 0 fully saturated rings. The smallest absolute Gasteiger partial charge is 0.222 e. The van der Waals surface area contributed by atoms with Crippen molar-refractivity contribution in [2.24, 2.45) is 0 Å². The van der Waals surface area contributed by atoms with E-state index in [2.05, 4.69) is 15.0 Å². The number of hydrogen-bond acceptors (Lipinski definition) is 4. The van der Waals surface area contributed by atoms with Gasteiger partial charge in [-0.25, -0.2) is 15.0 Å². The lowest BCUT2D eigenvalue weighted by atomic mass is 10.1. The van der Waals surface area contributed by atoms with Crippen LogP contribution < -0.4 is 5.73 Å². The van der Waals surface area contributed by atoms with Crippen molar-refractivity contribution in [3.63, 3.8) is 0 Å². The quantitative estimate of drug-likeness (QED) is 0.723. The van der Waals surface area contributed by atoms with Gasteiger partial charge in [0, 0.05) is 24.2 Å². The SMILES string of the molecule is Nc1cc(-c2cnc(Cl)nc2)ccn1. The molecule has 0 bridgehead atoms. The van der Waals surface area contributed by atoms with Gasteiger partial charge in [-0.15, -0.1) is 0 Å². The molecule has 0 saturated carbocycles. The molecular formula is C9H7ClN4. The van der Waals surface area contributed by atoms with Gasteiger partial charge in [-0.1, -0.05) is 0 Å². The molecule has 14 heavy (non-hydrogen) atoms. The molecule has 0 aromatic carbocycles. The predicted octanol–water partition coefficient (Wildman–Crippen LogP) is 1.77. The average molecular weight is 207 g/mol. The minimum Gasteiger partial charge on any atom is -0.384 e. The highest BCUT2D eigenvalue weighted by molar-refractivity contribution is 6.28. The summed E-state index contributed by atoms with van der Waals surface area (Å²) in [6, 6.07) is 3.59. The lowest BCUT2D eigenvalue weighted by Crippen LogP contribution is -1.90. The number of hydrogen-bond donors (Lipinski definition) is 1. The fourth-order valence-electron chi connectivity index (χ4n) is 1.09. The van der Waals surface area contributed by atoms with Crippen molar-refractivity contribution in [2.45, 2.75) is 0 Å². The number of nitrogens with zero attached hydrogens (tertiary/aromatic N) is 3. The van der Waals surface area contributed by atoms with Crippen LogP contribution in [0.1, 0.15) is 0 Å². The van der Waals surface area contributed by atoms with Gasteiger partial charge in [-0.05, 0) is 29.3 Å². The highest BCUT2D eigenvalue weighted by Gasteiger charge is 1.99. The monoisotopic (exact) mass is 206 g/mol. The molecule has 4 nitrogen and oxygen atoms in total. The van der Waals surface area contributed by atoms with Crippen molar-refractivity contribution in [1.82, 2.24) is 15.0 Å². The maximum Gasteiger partial charge on any atom is 0.222 e. The molecule has 70 valence electrons. The number of pyridine rings is 1. The standard InChI is InChI=1S/C9H7ClN4/c10-9-13-4-7(5-14-9)6-1-2-12-8(11)3-6/h1-5H,(H2,11,12). The molecule has 0 saturated heterocycles. The van der Waals surface area contributed by atoms with Crippen molar-refractivity contribution >= 4 is 17.4 Å². The van der Waals surface area contributed by atoms with E-state index < -0.39 is 0 Å². The van der Waals surface area contributed by atoms with Crippen LogP contribution in [0.4, 0.5) is 5.82 Å². The molecule has 2 N–H and O–H groups in total. The summed E-state index contributed by atoms with van der Waals surface area (Å²) in [5.74, 6) is 0.470. The Hall–Kier alpha value is -1.68. The summed E-state index contributed by atoms with van der Waals surface area (Å²) in [6.45, 7) is 0. The fraction of sp³-hybridized carbons (Fsp3) is 0. The van der Waals surface area contributed by atoms with Gasteiger partial charge >= 0.3 is 0 Å². The molecule has 2 aromatic heterocycles. The van der Waals surface area contributed by atoms with Crippen molar-refractivity contribution in [3.8, 4) is 11.1 Å². The van der Waals surface area contributed by atoms with Gasteiger partial charge in [0.1, 0.15) is 5.82 Å². The van der Waals surface area contributed by atoms with E-state index in [4.69, 9.17) is 17.3 Å². The fourth-order valence-corrected chi connectivity index (χ4v) is 1.19. The first-order chi connectivity index (χ1) is 6.75. The van der Waals surface area contributed by atoms with Crippen LogP contribution in [0.2, 0.25) is 5.28 Å². The third-order valence-corrected chi connectivity index (χ3v) is 1.93. The van der Waals surface area contributed by atoms with Crippen LogP contribution in [0.25, 0.3) is 11.1 Å². The van der Waals surface area contributed by atoms with E-state index in [0.717, 1.165) is 11.1 Å². The molecule has 0 aliphatic carbocycles. The maximum absolute atomic E-state index is 5.57. The summed E-state index contributed by atoms with van der Waals surface area (Å²) in [5.41, 5.74) is 7.34. The second kappa shape index (κ2) is 3.59. The molecule has 2 rings (SSSR count). The van der Waals surface area contributed by atoms with Crippen LogP contribution >= 0.6 is 11.6 Å². The topological polar surface area (TPSA) is 64.7 Å². The summed E-state index contributed by atoms with van der Waals surface area (Å²) >= 11 is 5.57. The summed E-state index contributed by atoms with van der Waals surface area (Å²) in [4.78, 5) is 11.7. The van der Waals surface area contributed by atoms with Crippen LogP contribution in [0.5, 0.6) is 0 Å². The highest BCUT2D eigenvalue weighted by Crippen LogP contribution is 2.18. The highest BCUT2D eigenvalue weighted by atomic mass is 35.5. The minimum absolute atomic E-state index is 0.232. The normalized spacial score (nSPS) is 10.1. The zero-order chi connectivity index (χ0) is 9.97. The summed E-state index contributed by atoms with van der Waals surface area (Å²) < 4.78 is 0. The van der Waals surface area contributed by atoms with E-state index in [1.807, 2.05) is 6.07 Å². The maximum atomic E-state index is 5.57. The third-order valence-electron chi connectivity index (χ3n) is 1.73. The number of nitrogens with two attached hydrogens (primary N) is 1. The zero-order valence-corrected chi connectivity index (χ0v) is 7.94. The Kier molecular flexibility index (Phi) is 2.28. The Morgan fingerprint density at radius 2 is 1.79 bits per heavy atom. The molecular weight excluding hydrogens is 200 g/mol. The first kappa shape index (κ1) is 8.90. The van der Waals surface area contributed by atoms with Gasteiger partial charge in [-0.3, -0.25) is 0 Å². The van der Waals surface area contributed by atoms with Crippen LogP contribution in [0.3, 0.4) is 0 Å². The van der Waals surface area contributed by atoms with E-state index in [1.54, 1.807) is 24.7 Å². The largest absolute Gasteiger partial charge is 0.384 e. The number of nitrogen functional groups attached to an aromatic ring is 1. The molecule has 0 unspecified atom stereocenters.